The molecule has 1 amide bonds. The van der Waals surface area contributed by atoms with Crippen LogP contribution in [-0.4, -0.2) is 71.9 Å². The number of rotatable bonds is 10. The Morgan fingerprint density at radius 2 is 1.77 bits per heavy atom. The lowest BCUT2D eigenvalue weighted by Gasteiger charge is -2.27. The number of benzene rings is 2. The number of likely N-dealkylation sites (tertiary alicyclic amines) is 1. The normalized spacial score (nSPS) is 17.2. The standard InChI is InChI=1S/C25H29N3O7/c1-5-34-19-11-10-16(15-20(19)35-6-2)22-21(24(30)25(31)27(22)13-12-26(3)4)23(29)17-8-7-9-18(14-17)28(32)33/h7-11,14-15,22,29H,5-6,12-13H2,1-4H3/b23-21+. The lowest BCUT2D eigenvalue weighted by molar-refractivity contribution is -0.384. The molecule has 2 aromatic carbocycles. The molecule has 10 heteroatoms. The summed E-state index contributed by atoms with van der Waals surface area (Å²) in [5.74, 6) is -1.13. The molecule has 3 rings (SSSR count). The van der Waals surface area contributed by atoms with Gasteiger partial charge in [0.25, 0.3) is 17.4 Å². The zero-order chi connectivity index (χ0) is 25.7. The average molecular weight is 484 g/mol. The third-order valence-corrected chi connectivity index (χ3v) is 5.54. The fourth-order valence-corrected chi connectivity index (χ4v) is 3.92. The summed E-state index contributed by atoms with van der Waals surface area (Å²) in [6.07, 6.45) is 0. The summed E-state index contributed by atoms with van der Waals surface area (Å²) in [4.78, 5) is 40.1. The number of Topliss-reactive ketones (excluding diaryl/α,β-unsaturated/α-hetero) is 1. The number of carbonyl (C=O) groups is 2. The number of carbonyl (C=O) groups excluding carboxylic acids is 2. The Labute approximate surface area is 203 Å². The predicted molar refractivity (Wildman–Crippen MR) is 129 cm³/mol. The number of likely N-dealkylation sites (N-methyl/N-ethyl adjacent to an activating group) is 1. The summed E-state index contributed by atoms with van der Waals surface area (Å²) in [6.45, 7) is 5.18. The Kier molecular flexibility index (Phi) is 8.08. The van der Waals surface area contributed by atoms with Gasteiger partial charge in [-0.25, -0.2) is 0 Å². The third-order valence-electron chi connectivity index (χ3n) is 5.54. The van der Waals surface area contributed by atoms with Gasteiger partial charge < -0.3 is 24.4 Å². The first-order valence-electron chi connectivity index (χ1n) is 11.3. The minimum absolute atomic E-state index is 0.0748. The van der Waals surface area contributed by atoms with Crippen LogP contribution in [-0.2, 0) is 9.59 Å². The van der Waals surface area contributed by atoms with Gasteiger partial charge in [0.15, 0.2) is 11.5 Å². The molecule has 1 heterocycles. The maximum atomic E-state index is 13.1. The van der Waals surface area contributed by atoms with Crippen molar-refractivity contribution in [1.82, 2.24) is 9.80 Å². The van der Waals surface area contributed by atoms with Crippen LogP contribution >= 0.6 is 0 Å². The summed E-state index contributed by atoms with van der Waals surface area (Å²) >= 11 is 0. The summed E-state index contributed by atoms with van der Waals surface area (Å²) in [6, 6.07) is 9.51. The summed E-state index contributed by atoms with van der Waals surface area (Å²) in [5, 5.41) is 22.4. The molecule has 1 fully saturated rings. The van der Waals surface area contributed by atoms with Gasteiger partial charge in [-0.1, -0.05) is 18.2 Å². The van der Waals surface area contributed by atoms with Crippen molar-refractivity contribution >= 4 is 23.1 Å². The lowest BCUT2D eigenvalue weighted by atomic mass is 9.95. The van der Waals surface area contributed by atoms with Crippen LogP contribution in [0.2, 0.25) is 0 Å². The van der Waals surface area contributed by atoms with E-state index in [2.05, 4.69) is 0 Å². The molecule has 0 radical (unpaired) electrons. The molecule has 2 aromatic rings. The van der Waals surface area contributed by atoms with Gasteiger partial charge in [-0.2, -0.15) is 0 Å². The summed E-state index contributed by atoms with van der Waals surface area (Å²) < 4.78 is 11.4. The first-order chi connectivity index (χ1) is 16.7. The number of aliphatic hydroxyl groups excluding tert-OH is 1. The molecule has 1 atom stereocenters. The molecule has 1 saturated heterocycles. The van der Waals surface area contributed by atoms with Crippen LogP contribution in [0.1, 0.15) is 31.0 Å². The van der Waals surface area contributed by atoms with Crippen molar-refractivity contribution in [3.63, 3.8) is 0 Å². The molecule has 1 unspecified atom stereocenters. The highest BCUT2D eigenvalue weighted by Gasteiger charge is 2.46. The second kappa shape index (κ2) is 11.0. The number of hydrogen-bond donors (Lipinski definition) is 1. The average Bonchev–Trinajstić information content (AvgIpc) is 3.08. The molecule has 186 valence electrons. The monoisotopic (exact) mass is 483 g/mol. The molecule has 1 aliphatic heterocycles. The third kappa shape index (κ3) is 5.43. The van der Waals surface area contributed by atoms with Gasteiger partial charge in [0.2, 0.25) is 0 Å². The van der Waals surface area contributed by atoms with Gasteiger partial charge in [-0.05, 0) is 45.6 Å². The first-order valence-corrected chi connectivity index (χ1v) is 11.3. The Balaban J connectivity index is 2.20. The fourth-order valence-electron chi connectivity index (χ4n) is 3.92. The van der Waals surface area contributed by atoms with Gasteiger partial charge in [0, 0.05) is 30.8 Å². The summed E-state index contributed by atoms with van der Waals surface area (Å²) in [7, 11) is 3.69. The Hall–Kier alpha value is -3.92. The molecular formula is C25H29N3O7. The van der Waals surface area contributed by atoms with Gasteiger partial charge in [-0.3, -0.25) is 19.7 Å². The minimum atomic E-state index is -0.913. The van der Waals surface area contributed by atoms with Crippen molar-refractivity contribution < 1.29 is 29.1 Å². The molecule has 0 bridgehead atoms. The van der Waals surface area contributed by atoms with Gasteiger partial charge in [0.05, 0.1) is 29.8 Å². The van der Waals surface area contributed by atoms with E-state index in [1.54, 1.807) is 18.2 Å². The van der Waals surface area contributed by atoms with Crippen molar-refractivity contribution in [1.29, 1.82) is 0 Å². The maximum absolute atomic E-state index is 13.1. The van der Waals surface area contributed by atoms with Gasteiger partial charge in [-0.15, -0.1) is 0 Å². The molecule has 1 aliphatic rings. The van der Waals surface area contributed by atoms with E-state index in [-0.39, 0.29) is 23.4 Å². The molecule has 0 saturated carbocycles. The van der Waals surface area contributed by atoms with Crippen molar-refractivity contribution in [3.05, 3.63) is 69.3 Å². The number of nitrogens with zero attached hydrogens (tertiary/aromatic N) is 3. The van der Waals surface area contributed by atoms with Crippen LogP contribution in [0.25, 0.3) is 5.76 Å². The lowest BCUT2D eigenvalue weighted by Crippen LogP contribution is -2.35. The molecular weight excluding hydrogens is 454 g/mol. The Bertz CT molecular complexity index is 1160. The van der Waals surface area contributed by atoms with E-state index in [0.717, 1.165) is 0 Å². The number of amides is 1. The van der Waals surface area contributed by atoms with Crippen molar-refractivity contribution in [2.75, 3.05) is 40.4 Å². The number of ether oxygens (including phenoxy) is 2. The largest absolute Gasteiger partial charge is 0.507 e. The molecule has 0 aliphatic carbocycles. The highest BCUT2D eigenvalue weighted by atomic mass is 16.6. The van der Waals surface area contributed by atoms with E-state index in [4.69, 9.17) is 9.47 Å². The number of nitro benzene ring substituents is 1. The van der Waals surface area contributed by atoms with Crippen LogP contribution in [0.5, 0.6) is 11.5 Å². The molecule has 0 spiro atoms. The van der Waals surface area contributed by atoms with Crippen molar-refractivity contribution in [2.45, 2.75) is 19.9 Å². The summed E-state index contributed by atoms with van der Waals surface area (Å²) in [5.41, 5.74) is 0.237. The Morgan fingerprint density at radius 1 is 1.09 bits per heavy atom. The highest BCUT2D eigenvalue weighted by molar-refractivity contribution is 6.46. The smallest absolute Gasteiger partial charge is 0.295 e. The number of non-ortho nitro benzene ring substituents is 1. The van der Waals surface area contributed by atoms with E-state index < -0.39 is 28.4 Å². The topological polar surface area (TPSA) is 122 Å². The van der Waals surface area contributed by atoms with E-state index in [1.165, 1.54) is 29.2 Å². The van der Waals surface area contributed by atoms with Gasteiger partial charge in [0.1, 0.15) is 5.76 Å². The second-order valence-corrected chi connectivity index (χ2v) is 8.18. The number of aliphatic hydroxyl groups is 1. The molecule has 35 heavy (non-hydrogen) atoms. The van der Waals surface area contributed by atoms with Crippen LogP contribution in [0, 0.1) is 10.1 Å². The number of nitro groups is 1. The van der Waals surface area contributed by atoms with Crippen molar-refractivity contribution in [3.8, 4) is 11.5 Å². The number of ketones is 1. The van der Waals surface area contributed by atoms with Crippen LogP contribution in [0.4, 0.5) is 5.69 Å². The first kappa shape index (κ1) is 25.7. The van der Waals surface area contributed by atoms with Gasteiger partial charge >= 0.3 is 0 Å². The quantitative estimate of drug-likeness (QED) is 0.179. The highest BCUT2D eigenvalue weighted by Crippen LogP contribution is 2.42. The SMILES string of the molecule is CCOc1ccc(C2/C(=C(\O)c3cccc([N+](=O)[O-])c3)C(=O)C(=O)N2CCN(C)C)cc1OCC. The zero-order valence-corrected chi connectivity index (χ0v) is 20.2. The van der Waals surface area contributed by atoms with E-state index >= 15 is 0 Å². The van der Waals surface area contributed by atoms with Crippen LogP contribution < -0.4 is 9.47 Å². The van der Waals surface area contributed by atoms with E-state index in [1.807, 2.05) is 32.8 Å². The molecule has 0 aromatic heterocycles. The molecule has 10 nitrogen and oxygen atoms in total. The van der Waals surface area contributed by atoms with E-state index in [9.17, 15) is 24.8 Å². The van der Waals surface area contributed by atoms with Crippen LogP contribution in [0.3, 0.4) is 0 Å². The molecule has 1 N–H and O–H groups in total. The van der Waals surface area contributed by atoms with Crippen molar-refractivity contribution in [2.24, 2.45) is 0 Å². The fraction of sp³-hybridized carbons (Fsp3) is 0.360. The predicted octanol–water partition coefficient (Wildman–Crippen LogP) is 3.38. The minimum Gasteiger partial charge on any atom is -0.507 e. The zero-order valence-electron chi connectivity index (χ0n) is 20.2. The second-order valence-electron chi connectivity index (χ2n) is 8.18. The van der Waals surface area contributed by atoms with Crippen LogP contribution in [0.15, 0.2) is 48.0 Å². The Morgan fingerprint density at radius 3 is 2.40 bits per heavy atom. The van der Waals surface area contributed by atoms with E-state index in [0.29, 0.717) is 36.8 Å². The number of hydrogen-bond acceptors (Lipinski definition) is 8. The maximum Gasteiger partial charge on any atom is 0.295 e.